The van der Waals surface area contributed by atoms with Crippen molar-refractivity contribution in [2.45, 2.75) is 0 Å². The van der Waals surface area contributed by atoms with Gasteiger partial charge in [0, 0.05) is 25.4 Å². The number of rotatable bonds is 2. The van der Waals surface area contributed by atoms with E-state index >= 15 is 0 Å². The van der Waals surface area contributed by atoms with Crippen LogP contribution in [0.25, 0.3) is 0 Å². The molecule has 0 saturated carbocycles. The predicted molar refractivity (Wildman–Crippen MR) is 52.4 cm³/mol. The molecule has 0 aliphatic carbocycles. The molecular weight excluding hydrogens is 182 g/mol. The van der Waals surface area contributed by atoms with Gasteiger partial charge in [0.05, 0.1) is 6.61 Å². The number of hydrogen-bond acceptors (Lipinski definition) is 3. The van der Waals surface area contributed by atoms with Crippen LogP contribution in [0.15, 0.2) is 11.5 Å². The summed E-state index contributed by atoms with van der Waals surface area (Å²) in [5.74, 6) is 1.15. The van der Waals surface area contributed by atoms with Gasteiger partial charge in [-0.1, -0.05) is 6.08 Å². The van der Waals surface area contributed by atoms with Crippen molar-refractivity contribution in [2.75, 3.05) is 32.0 Å². The molecule has 0 atom stereocenters. The Balaban J connectivity index is 0.000001000. The highest BCUT2D eigenvalue weighted by molar-refractivity contribution is 8.02. The third kappa shape index (κ3) is 4.69. The first-order valence-corrected chi connectivity index (χ1v) is 4.58. The quantitative estimate of drug-likeness (QED) is 0.710. The average molecular weight is 196 g/mol. The second-order valence-corrected chi connectivity index (χ2v) is 3.28. The molecular formula is C7H14ClNOS. The average Bonchev–Trinajstić information content (AvgIpc) is 2.17. The second-order valence-electron chi connectivity index (χ2n) is 2.27. The molecule has 66 valence electrons. The molecule has 4 heteroatoms. The van der Waals surface area contributed by atoms with Gasteiger partial charge in [-0.05, 0) is 5.41 Å². The van der Waals surface area contributed by atoms with E-state index in [-0.39, 0.29) is 19.0 Å². The lowest BCUT2D eigenvalue weighted by Crippen LogP contribution is -2.28. The minimum atomic E-state index is 0. The summed E-state index contributed by atoms with van der Waals surface area (Å²) >= 11 is 1.84. The summed E-state index contributed by atoms with van der Waals surface area (Å²) in [6, 6.07) is 0. The van der Waals surface area contributed by atoms with Gasteiger partial charge in [-0.25, -0.2) is 0 Å². The molecule has 11 heavy (non-hydrogen) atoms. The van der Waals surface area contributed by atoms with E-state index in [2.05, 4.69) is 16.4 Å². The molecule has 0 fully saturated rings. The van der Waals surface area contributed by atoms with E-state index < -0.39 is 0 Å². The molecule has 1 N–H and O–H groups in total. The van der Waals surface area contributed by atoms with Crippen LogP contribution in [0.2, 0.25) is 0 Å². The first-order chi connectivity index (χ1) is 4.93. The fourth-order valence-electron chi connectivity index (χ4n) is 0.946. The Kier molecular flexibility index (Phi) is 7.17. The molecule has 0 bridgehead atoms. The van der Waals surface area contributed by atoms with Gasteiger partial charge in [-0.3, -0.25) is 4.90 Å². The Morgan fingerprint density at radius 2 is 2.36 bits per heavy atom. The van der Waals surface area contributed by atoms with Crippen LogP contribution in [0.5, 0.6) is 0 Å². The number of β-amino-alcohol motifs (C(OH)–C–C–N with tert-alkyl or cyclic N) is 1. The van der Waals surface area contributed by atoms with Crippen LogP contribution >= 0.6 is 24.2 Å². The Labute approximate surface area is 78.1 Å². The molecule has 2 nitrogen and oxygen atoms in total. The minimum Gasteiger partial charge on any atom is -0.395 e. The molecule has 0 aromatic heterocycles. The minimum absolute atomic E-state index is 0. The van der Waals surface area contributed by atoms with Crippen molar-refractivity contribution in [1.29, 1.82) is 0 Å². The Morgan fingerprint density at radius 3 is 3.09 bits per heavy atom. The van der Waals surface area contributed by atoms with E-state index in [9.17, 15) is 0 Å². The Morgan fingerprint density at radius 1 is 1.55 bits per heavy atom. The number of nitrogens with zero attached hydrogens (tertiary/aromatic N) is 1. The SMILES string of the molecule is Cl.OCCN1CC=CSCC1. The number of thioether (sulfide) groups is 1. The van der Waals surface area contributed by atoms with Crippen LogP contribution < -0.4 is 0 Å². The fourth-order valence-corrected chi connectivity index (χ4v) is 1.67. The van der Waals surface area contributed by atoms with E-state index in [0.29, 0.717) is 0 Å². The summed E-state index contributed by atoms with van der Waals surface area (Å²) in [4.78, 5) is 2.25. The van der Waals surface area contributed by atoms with E-state index in [4.69, 9.17) is 5.11 Å². The van der Waals surface area contributed by atoms with Crippen LogP contribution in [0.4, 0.5) is 0 Å². The third-order valence-corrected chi connectivity index (χ3v) is 2.30. The lowest BCUT2D eigenvalue weighted by molar-refractivity contribution is 0.216. The van der Waals surface area contributed by atoms with Gasteiger partial charge in [0.25, 0.3) is 0 Å². The maximum absolute atomic E-state index is 8.64. The number of halogens is 1. The number of aliphatic hydroxyl groups is 1. The van der Waals surface area contributed by atoms with Gasteiger partial charge >= 0.3 is 0 Å². The van der Waals surface area contributed by atoms with Gasteiger partial charge in [-0.2, -0.15) is 0 Å². The van der Waals surface area contributed by atoms with Crippen molar-refractivity contribution in [3.05, 3.63) is 11.5 Å². The van der Waals surface area contributed by atoms with Crippen LogP contribution in [-0.4, -0.2) is 42.0 Å². The lowest BCUT2D eigenvalue weighted by atomic mass is 10.4. The van der Waals surface area contributed by atoms with E-state index in [1.54, 1.807) is 0 Å². The highest BCUT2D eigenvalue weighted by Crippen LogP contribution is 2.07. The number of aliphatic hydroxyl groups excluding tert-OH is 1. The molecule has 1 aliphatic rings. The smallest absolute Gasteiger partial charge is 0.0558 e. The standard InChI is InChI=1S/C7H13NOS.ClH/c9-5-3-8-2-1-6-10-7-4-8;/h1,6,9H,2-5,7H2;1H. The van der Waals surface area contributed by atoms with Crippen molar-refractivity contribution < 1.29 is 5.11 Å². The first kappa shape index (κ1) is 11.3. The van der Waals surface area contributed by atoms with Crippen LogP contribution in [0.3, 0.4) is 0 Å². The predicted octanol–water partition coefficient (Wildman–Crippen LogP) is 0.963. The normalized spacial score (nSPS) is 19.0. The van der Waals surface area contributed by atoms with Gasteiger partial charge in [-0.15, -0.1) is 24.2 Å². The zero-order valence-corrected chi connectivity index (χ0v) is 8.03. The summed E-state index contributed by atoms with van der Waals surface area (Å²) < 4.78 is 0. The first-order valence-electron chi connectivity index (χ1n) is 3.53. The van der Waals surface area contributed by atoms with Gasteiger partial charge in [0.1, 0.15) is 0 Å². The van der Waals surface area contributed by atoms with Crippen LogP contribution in [0, 0.1) is 0 Å². The molecule has 0 spiro atoms. The molecule has 1 heterocycles. The highest BCUT2D eigenvalue weighted by Gasteiger charge is 2.02. The molecule has 0 aromatic rings. The zero-order chi connectivity index (χ0) is 7.23. The summed E-state index contributed by atoms with van der Waals surface area (Å²) in [5.41, 5.74) is 0. The number of hydrogen-bond donors (Lipinski definition) is 1. The molecule has 0 aromatic carbocycles. The summed E-state index contributed by atoms with van der Waals surface area (Å²) in [7, 11) is 0. The molecule has 0 radical (unpaired) electrons. The Hall–Kier alpha value is 0.300. The molecule has 0 unspecified atom stereocenters. The topological polar surface area (TPSA) is 23.5 Å². The summed E-state index contributed by atoms with van der Waals surface area (Å²) in [5, 5.41) is 10.8. The van der Waals surface area contributed by atoms with E-state index in [0.717, 1.165) is 25.4 Å². The van der Waals surface area contributed by atoms with Crippen LogP contribution in [0.1, 0.15) is 0 Å². The molecule has 1 rings (SSSR count). The Bertz CT molecular complexity index is 121. The molecule has 1 aliphatic heterocycles. The third-order valence-electron chi connectivity index (χ3n) is 1.50. The summed E-state index contributed by atoms with van der Waals surface area (Å²) in [6.45, 7) is 3.18. The van der Waals surface area contributed by atoms with E-state index in [1.807, 2.05) is 11.8 Å². The van der Waals surface area contributed by atoms with Crippen molar-refractivity contribution in [3.63, 3.8) is 0 Å². The zero-order valence-electron chi connectivity index (χ0n) is 6.40. The largest absolute Gasteiger partial charge is 0.395 e. The van der Waals surface area contributed by atoms with E-state index in [1.165, 1.54) is 0 Å². The van der Waals surface area contributed by atoms with Gasteiger partial charge in [0.15, 0.2) is 0 Å². The maximum atomic E-state index is 8.64. The van der Waals surface area contributed by atoms with Crippen molar-refractivity contribution in [3.8, 4) is 0 Å². The van der Waals surface area contributed by atoms with Gasteiger partial charge < -0.3 is 5.11 Å². The monoisotopic (exact) mass is 195 g/mol. The van der Waals surface area contributed by atoms with Crippen molar-refractivity contribution in [1.82, 2.24) is 4.90 Å². The second kappa shape index (κ2) is 6.98. The summed E-state index contributed by atoms with van der Waals surface area (Å²) in [6.07, 6.45) is 2.15. The maximum Gasteiger partial charge on any atom is 0.0558 e. The van der Waals surface area contributed by atoms with Crippen molar-refractivity contribution in [2.24, 2.45) is 0 Å². The molecule has 0 saturated heterocycles. The molecule has 0 amide bonds. The van der Waals surface area contributed by atoms with Gasteiger partial charge in [0.2, 0.25) is 0 Å². The van der Waals surface area contributed by atoms with Crippen molar-refractivity contribution >= 4 is 24.2 Å². The highest BCUT2D eigenvalue weighted by atomic mass is 35.5. The van der Waals surface area contributed by atoms with Crippen LogP contribution in [-0.2, 0) is 0 Å². The lowest BCUT2D eigenvalue weighted by Gasteiger charge is -2.16. The fraction of sp³-hybridized carbons (Fsp3) is 0.714.